The summed E-state index contributed by atoms with van der Waals surface area (Å²) >= 11 is 0. The summed E-state index contributed by atoms with van der Waals surface area (Å²) < 4.78 is 5.10. The Bertz CT molecular complexity index is 587. The fourth-order valence-corrected chi connectivity index (χ4v) is 1.98. The number of aliphatic hydroxyl groups excluding tert-OH is 1. The van der Waals surface area contributed by atoms with Crippen molar-refractivity contribution < 1.29 is 9.84 Å². The summed E-state index contributed by atoms with van der Waals surface area (Å²) in [7, 11) is 5.43. The van der Waals surface area contributed by atoms with E-state index in [-0.39, 0.29) is 0 Å². The molecule has 2 aromatic rings. The lowest BCUT2D eigenvalue weighted by molar-refractivity contribution is 0.174. The van der Waals surface area contributed by atoms with E-state index in [9.17, 15) is 5.11 Å². The Balaban J connectivity index is 1.86. The zero-order chi connectivity index (χ0) is 15.9. The predicted octanol–water partition coefficient (Wildman–Crippen LogP) is 1.37. The Morgan fingerprint density at radius 3 is 2.59 bits per heavy atom. The normalized spacial score (nSPS) is 12.0. The van der Waals surface area contributed by atoms with Crippen LogP contribution in [0.15, 0.2) is 36.5 Å². The molecular formula is C16H22N4O2. The van der Waals surface area contributed by atoms with Crippen molar-refractivity contribution in [2.45, 2.75) is 12.6 Å². The number of nitrogens with zero attached hydrogens (tertiary/aromatic N) is 3. The molecule has 0 saturated carbocycles. The molecule has 6 heteroatoms. The Kier molecular flexibility index (Phi) is 5.68. The molecule has 1 aromatic carbocycles. The minimum Gasteiger partial charge on any atom is -0.497 e. The summed E-state index contributed by atoms with van der Waals surface area (Å²) in [5.74, 6) is 1.45. The first-order valence-corrected chi connectivity index (χ1v) is 7.12. The average Bonchev–Trinajstić information content (AvgIpc) is 2.55. The van der Waals surface area contributed by atoms with Gasteiger partial charge in [0, 0.05) is 33.4 Å². The molecule has 1 atom stereocenters. The summed E-state index contributed by atoms with van der Waals surface area (Å²) in [6.45, 7) is 1.03. The molecule has 0 bridgehead atoms. The lowest BCUT2D eigenvalue weighted by Gasteiger charge is -2.14. The smallest absolute Gasteiger partial charge is 0.225 e. The van der Waals surface area contributed by atoms with E-state index in [0.29, 0.717) is 19.0 Å². The van der Waals surface area contributed by atoms with Gasteiger partial charge in [-0.3, -0.25) is 0 Å². The van der Waals surface area contributed by atoms with Crippen LogP contribution in [0.25, 0.3) is 0 Å². The highest BCUT2D eigenvalue weighted by atomic mass is 16.5. The molecule has 0 aliphatic rings. The maximum atomic E-state index is 10.2. The first kappa shape index (κ1) is 16.2. The molecule has 1 heterocycles. The third kappa shape index (κ3) is 4.41. The molecular weight excluding hydrogens is 280 g/mol. The minimum absolute atomic E-state index is 0.452. The van der Waals surface area contributed by atoms with Crippen LogP contribution in [0.1, 0.15) is 17.4 Å². The number of methoxy groups -OCH3 is 1. The number of anilines is 1. The summed E-state index contributed by atoms with van der Waals surface area (Å²) in [6, 6.07) is 9.26. The third-order valence-electron chi connectivity index (χ3n) is 3.24. The van der Waals surface area contributed by atoms with Gasteiger partial charge >= 0.3 is 0 Å². The minimum atomic E-state index is -0.568. The largest absolute Gasteiger partial charge is 0.497 e. The molecule has 2 rings (SSSR count). The zero-order valence-corrected chi connectivity index (χ0v) is 13.2. The number of aromatic nitrogens is 2. The molecule has 0 spiro atoms. The van der Waals surface area contributed by atoms with Crippen LogP contribution in [-0.2, 0) is 6.54 Å². The number of hydrogen-bond donors (Lipinski definition) is 2. The van der Waals surface area contributed by atoms with Crippen LogP contribution in [0, 0.1) is 0 Å². The lowest BCUT2D eigenvalue weighted by Crippen LogP contribution is -2.22. The third-order valence-corrected chi connectivity index (χ3v) is 3.24. The van der Waals surface area contributed by atoms with E-state index in [1.165, 1.54) is 0 Å². The zero-order valence-electron chi connectivity index (χ0n) is 13.2. The van der Waals surface area contributed by atoms with Crippen molar-refractivity contribution in [3.63, 3.8) is 0 Å². The second-order valence-electron chi connectivity index (χ2n) is 5.16. The topological polar surface area (TPSA) is 70.5 Å². The molecule has 2 N–H and O–H groups in total. The molecule has 1 unspecified atom stereocenters. The van der Waals surface area contributed by atoms with Gasteiger partial charge in [0.2, 0.25) is 5.95 Å². The van der Waals surface area contributed by atoms with Crippen LogP contribution in [0.2, 0.25) is 0 Å². The van der Waals surface area contributed by atoms with Crippen LogP contribution in [-0.4, -0.2) is 42.8 Å². The van der Waals surface area contributed by atoms with Crippen molar-refractivity contribution in [1.82, 2.24) is 15.3 Å². The van der Waals surface area contributed by atoms with Gasteiger partial charge in [-0.25, -0.2) is 9.97 Å². The van der Waals surface area contributed by atoms with Crippen LogP contribution < -0.4 is 15.0 Å². The highest BCUT2D eigenvalue weighted by Crippen LogP contribution is 2.17. The standard InChI is InChI=1S/C16H22N4O2/c1-20(2)16-18-9-8-13(19-16)10-17-11-15(21)12-4-6-14(22-3)7-5-12/h4-9,15,17,21H,10-11H2,1-3H3. The van der Waals surface area contributed by atoms with Crippen molar-refractivity contribution in [1.29, 1.82) is 0 Å². The molecule has 0 aliphatic carbocycles. The second kappa shape index (κ2) is 7.72. The quantitative estimate of drug-likeness (QED) is 0.805. The van der Waals surface area contributed by atoms with Gasteiger partial charge in [-0.05, 0) is 23.8 Å². The molecule has 118 valence electrons. The van der Waals surface area contributed by atoms with Crippen LogP contribution in [0.4, 0.5) is 5.95 Å². The van der Waals surface area contributed by atoms with E-state index < -0.39 is 6.10 Å². The Morgan fingerprint density at radius 2 is 1.95 bits per heavy atom. The van der Waals surface area contributed by atoms with Crippen LogP contribution >= 0.6 is 0 Å². The van der Waals surface area contributed by atoms with Gasteiger partial charge in [-0.2, -0.15) is 0 Å². The molecule has 0 amide bonds. The molecule has 0 fully saturated rings. The van der Waals surface area contributed by atoms with Gasteiger partial charge in [-0.15, -0.1) is 0 Å². The number of rotatable bonds is 7. The van der Waals surface area contributed by atoms with Crippen LogP contribution in [0.3, 0.4) is 0 Å². The van der Waals surface area contributed by atoms with Gasteiger partial charge < -0.3 is 20.1 Å². The van der Waals surface area contributed by atoms with Crippen molar-refractivity contribution in [3.8, 4) is 5.75 Å². The first-order chi connectivity index (χ1) is 10.6. The molecule has 1 aromatic heterocycles. The molecule has 0 saturated heterocycles. The van der Waals surface area contributed by atoms with E-state index in [1.807, 2.05) is 49.3 Å². The van der Waals surface area contributed by atoms with E-state index in [2.05, 4.69) is 15.3 Å². The summed E-state index contributed by atoms with van der Waals surface area (Å²) in [6.07, 6.45) is 1.17. The Labute approximate surface area is 130 Å². The molecule has 0 aliphatic heterocycles. The maximum absolute atomic E-state index is 10.2. The van der Waals surface area contributed by atoms with Gasteiger partial charge in [-0.1, -0.05) is 12.1 Å². The van der Waals surface area contributed by atoms with Gasteiger partial charge in [0.15, 0.2) is 0 Å². The summed E-state index contributed by atoms with van der Waals surface area (Å²) in [5.41, 5.74) is 1.74. The number of nitrogens with one attached hydrogen (secondary N) is 1. The van der Waals surface area contributed by atoms with E-state index in [4.69, 9.17) is 4.74 Å². The van der Waals surface area contributed by atoms with E-state index >= 15 is 0 Å². The lowest BCUT2D eigenvalue weighted by atomic mass is 10.1. The van der Waals surface area contributed by atoms with E-state index in [1.54, 1.807) is 13.3 Å². The number of hydrogen-bond acceptors (Lipinski definition) is 6. The fourth-order valence-electron chi connectivity index (χ4n) is 1.98. The summed E-state index contributed by atoms with van der Waals surface area (Å²) in [5, 5.41) is 13.4. The molecule has 0 radical (unpaired) electrons. The average molecular weight is 302 g/mol. The number of benzene rings is 1. The van der Waals surface area contributed by atoms with Crippen molar-refractivity contribution in [3.05, 3.63) is 47.8 Å². The summed E-state index contributed by atoms with van der Waals surface area (Å²) in [4.78, 5) is 10.4. The SMILES string of the molecule is COc1ccc(C(O)CNCc2ccnc(N(C)C)n2)cc1. The Hall–Kier alpha value is -2.18. The van der Waals surface area contributed by atoms with Gasteiger partial charge in [0.1, 0.15) is 5.75 Å². The molecule has 22 heavy (non-hydrogen) atoms. The number of aliphatic hydroxyl groups is 1. The van der Waals surface area contributed by atoms with E-state index in [0.717, 1.165) is 17.0 Å². The van der Waals surface area contributed by atoms with Gasteiger partial charge in [0.25, 0.3) is 0 Å². The second-order valence-corrected chi connectivity index (χ2v) is 5.16. The van der Waals surface area contributed by atoms with Crippen molar-refractivity contribution in [2.24, 2.45) is 0 Å². The first-order valence-electron chi connectivity index (χ1n) is 7.12. The van der Waals surface area contributed by atoms with Gasteiger partial charge in [0.05, 0.1) is 18.9 Å². The monoisotopic (exact) mass is 302 g/mol. The van der Waals surface area contributed by atoms with Crippen molar-refractivity contribution >= 4 is 5.95 Å². The fraction of sp³-hybridized carbons (Fsp3) is 0.375. The Morgan fingerprint density at radius 1 is 1.23 bits per heavy atom. The number of ether oxygens (including phenoxy) is 1. The highest BCUT2D eigenvalue weighted by Gasteiger charge is 2.08. The van der Waals surface area contributed by atoms with Crippen molar-refractivity contribution in [2.75, 3.05) is 32.6 Å². The maximum Gasteiger partial charge on any atom is 0.225 e. The predicted molar refractivity (Wildman–Crippen MR) is 86.0 cm³/mol. The van der Waals surface area contributed by atoms with Crippen LogP contribution in [0.5, 0.6) is 5.75 Å². The molecule has 6 nitrogen and oxygen atoms in total. The highest BCUT2D eigenvalue weighted by molar-refractivity contribution is 5.29.